The Morgan fingerprint density at radius 2 is 1.84 bits per heavy atom. The van der Waals surface area contributed by atoms with E-state index in [-0.39, 0.29) is 6.61 Å². The third-order valence-electron chi connectivity index (χ3n) is 2.89. The van der Waals surface area contributed by atoms with Crippen LogP contribution in [0, 0.1) is 0 Å². The molecule has 0 aliphatic rings. The molecular weight excluding hydrogens is 240 g/mol. The SMILES string of the molecule is COc1cc(OCc2ccccc2)ccc1CCO. The smallest absolute Gasteiger partial charge is 0.125 e. The zero-order valence-corrected chi connectivity index (χ0v) is 11.0. The molecule has 0 saturated heterocycles. The van der Waals surface area contributed by atoms with Crippen LogP contribution >= 0.6 is 0 Å². The fourth-order valence-corrected chi connectivity index (χ4v) is 1.88. The first-order chi connectivity index (χ1) is 9.33. The van der Waals surface area contributed by atoms with Crippen molar-refractivity contribution in [1.29, 1.82) is 0 Å². The highest BCUT2D eigenvalue weighted by Gasteiger charge is 2.05. The van der Waals surface area contributed by atoms with Crippen molar-refractivity contribution in [3.8, 4) is 11.5 Å². The molecule has 2 aromatic carbocycles. The fraction of sp³-hybridized carbons (Fsp3) is 0.250. The molecule has 0 unspecified atom stereocenters. The van der Waals surface area contributed by atoms with Gasteiger partial charge in [0.15, 0.2) is 0 Å². The van der Waals surface area contributed by atoms with Gasteiger partial charge in [-0.3, -0.25) is 0 Å². The van der Waals surface area contributed by atoms with Crippen LogP contribution in [-0.2, 0) is 13.0 Å². The number of aliphatic hydroxyl groups is 1. The van der Waals surface area contributed by atoms with Crippen molar-refractivity contribution >= 4 is 0 Å². The second kappa shape index (κ2) is 6.81. The van der Waals surface area contributed by atoms with Crippen LogP contribution in [0.25, 0.3) is 0 Å². The summed E-state index contributed by atoms with van der Waals surface area (Å²) in [4.78, 5) is 0. The minimum absolute atomic E-state index is 0.112. The van der Waals surface area contributed by atoms with E-state index in [0.717, 1.165) is 22.6 Å². The zero-order valence-electron chi connectivity index (χ0n) is 11.0. The Labute approximate surface area is 113 Å². The number of hydrogen-bond acceptors (Lipinski definition) is 3. The van der Waals surface area contributed by atoms with E-state index < -0.39 is 0 Å². The molecule has 0 aromatic heterocycles. The molecule has 0 amide bonds. The maximum absolute atomic E-state index is 8.97. The summed E-state index contributed by atoms with van der Waals surface area (Å²) in [5, 5.41) is 8.97. The molecule has 2 aromatic rings. The molecule has 100 valence electrons. The first-order valence-corrected chi connectivity index (χ1v) is 6.28. The number of rotatable bonds is 6. The Morgan fingerprint density at radius 3 is 2.53 bits per heavy atom. The van der Waals surface area contributed by atoms with E-state index in [1.807, 2.05) is 48.5 Å². The lowest BCUT2D eigenvalue weighted by Crippen LogP contribution is -1.98. The molecule has 0 atom stereocenters. The van der Waals surface area contributed by atoms with Crippen molar-refractivity contribution in [2.24, 2.45) is 0 Å². The van der Waals surface area contributed by atoms with Crippen LogP contribution in [0.2, 0.25) is 0 Å². The monoisotopic (exact) mass is 258 g/mol. The minimum atomic E-state index is 0.112. The van der Waals surface area contributed by atoms with Gasteiger partial charge in [-0.05, 0) is 23.6 Å². The number of aliphatic hydroxyl groups excluding tert-OH is 1. The van der Waals surface area contributed by atoms with Crippen LogP contribution < -0.4 is 9.47 Å². The van der Waals surface area contributed by atoms with E-state index in [0.29, 0.717) is 13.0 Å². The summed E-state index contributed by atoms with van der Waals surface area (Å²) >= 11 is 0. The van der Waals surface area contributed by atoms with Crippen molar-refractivity contribution in [1.82, 2.24) is 0 Å². The highest BCUT2D eigenvalue weighted by molar-refractivity contribution is 5.41. The molecule has 0 radical (unpaired) electrons. The summed E-state index contributed by atoms with van der Waals surface area (Å²) in [5.41, 5.74) is 2.11. The van der Waals surface area contributed by atoms with Crippen molar-refractivity contribution < 1.29 is 14.6 Å². The van der Waals surface area contributed by atoms with Crippen molar-refractivity contribution in [2.75, 3.05) is 13.7 Å². The standard InChI is InChI=1S/C16H18O3/c1-18-16-11-15(8-7-14(16)9-10-17)19-12-13-5-3-2-4-6-13/h2-8,11,17H,9-10,12H2,1H3. The number of methoxy groups -OCH3 is 1. The first-order valence-electron chi connectivity index (χ1n) is 6.28. The molecule has 0 aliphatic carbocycles. The zero-order chi connectivity index (χ0) is 13.5. The Bertz CT molecular complexity index is 509. The highest BCUT2D eigenvalue weighted by atomic mass is 16.5. The minimum Gasteiger partial charge on any atom is -0.496 e. The third kappa shape index (κ3) is 3.73. The molecule has 0 spiro atoms. The Balaban J connectivity index is 2.05. The predicted octanol–water partition coefficient (Wildman–Crippen LogP) is 2.81. The van der Waals surface area contributed by atoms with Gasteiger partial charge in [0, 0.05) is 12.7 Å². The normalized spacial score (nSPS) is 10.2. The summed E-state index contributed by atoms with van der Waals surface area (Å²) in [6.07, 6.45) is 0.585. The van der Waals surface area contributed by atoms with Gasteiger partial charge >= 0.3 is 0 Å². The van der Waals surface area contributed by atoms with Crippen LogP contribution in [0.1, 0.15) is 11.1 Å². The second-order valence-corrected chi connectivity index (χ2v) is 4.22. The van der Waals surface area contributed by atoms with Crippen LogP contribution in [0.5, 0.6) is 11.5 Å². The third-order valence-corrected chi connectivity index (χ3v) is 2.89. The van der Waals surface area contributed by atoms with Gasteiger partial charge in [-0.25, -0.2) is 0 Å². The summed E-state index contributed by atoms with van der Waals surface area (Å²) < 4.78 is 11.0. The summed E-state index contributed by atoms with van der Waals surface area (Å²) in [6.45, 7) is 0.643. The molecular formula is C16H18O3. The number of hydrogen-bond donors (Lipinski definition) is 1. The molecule has 3 nitrogen and oxygen atoms in total. The summed E-state index contributed by atoms with van der Waals surface area (Å²) in [6, 6.07) is 15.7. The van der Waals surface area contributed by atoms with E-state index in [4.69, 9.17) is 14.6 Å². The second-order valence-electron chi connectivity index (χ2n) is 4.22. The predicted molar refractivity (Wildman–Crippen MR) is 74.6 cm³/mol. The van der Waals surface area contributed by atoms with E-state index >= 15 is 0 Å². The molecule has 2 rings (SSSR count). The number of ether oxygens (including phenoxy) is 2. The molecule has 0 fully saturated rings. The van der Waals surface area contributed by atoms with Gasteiger partial charge in [0.1, 0.15) is 18.1 Å². The molecule has 0 saturated carbocycles. The summed E-state index contributed by atoms with van der Waals surface area (Å²) in [5.74, 6) is 1.52. The molecule has 0 aliphatic heterocycles. The Hall–Kier alpha value is -2.00. The van der Waals surface area contributed by atoms with Crippen molar-refractivity contribution in [2.45, 2.75) is 13.0 Å². The van der Waals surface area contributed by atoms with Crippen molar-refractivity contribution in [3.63, 3.8) is 0 Å². The van der Waals surface area contributed by atoms with Gasteiger partial charge in [0.05, 0.1) is 7.11 Å². The lowest BCUT2D eigenvalue weighted by atomic mass is 10.1. The molecule has 0 bridgehead atoms. The largest absolute Gasteiger partial charge is 0.496 e. The lowest BCUT2D eigenvalue weighted by molar-refractivity contribution is 0.293. The topological polar surface area (TPSA) is 38.7 Å². The quantitative estimate of drug-likeness (QED) is 0.866. The van der Waals surface area contributed by atoms with Crippen LogP contribution in [-0.4, -0.2) is 18.8 Å². The van der Waals surface area contributed by atoms with Crippen LogP contribution in [0.4, 0.5) is 0 Å². The molecule has 19 heavy (non-hydrogen) atoms. The van der Waals surface area contributed by atoms with Gasteiger partial charge < -0.3 is 14.6 Å². The van der Waals surface area contributed by atoms with E-state index in [1.54, 1.807) is 7.11 Å². The Kier molecular flexibility index (Phi) is 4.81. The molecule has 1 N–H and O–H groups in total. The van der Waals surface area contributed by atoms with Gasteiger partial charge in [-0.2, -0.15) is 0 Å². The number of benzene rings is 2. The van der Waals surface area contributed by atoms with Gasteiger partial charge in [0.25, 0.3) is 0 Å². The maximum atomic E-state index is 8.97. The van der Waals surface area contributed by atoms with Gasteiger partial charge in [-0.1, -0.05) is 36.4 Å². The average Bonchev–Trinajstić information content (AvgIpc) is 2.47. The fourth-order valence-electron chi connectivity index (χ4n) is 1.88. The first kappa shape index (κ1) is 13.4. The van der Waals surface area contributed by atoms with Crippen LogP contribution in [0.15, 0.2) is 48.5 Å². The lowest BCUT2D eigenvalue weighted by Gasteiger charge is -2.11. The Morgan fingerprint density at radius 1 is 1.05 bits per heavy atom. The van der Waals surface area contributed by atoms with E-state index in [1.165, 1.54) is 0 Å². The molecule has 0 heterocycles. The van der Waals surface area contributed by atoms with Gasteiger partial charge in [0.2, 0.25) is 0 Å². The van der Waals surface area contributed by atoms with E-state index in [2.05, 4.69) is 0 Å². The summed E-state index contributed by atoms with van der Waals surface area (Å²) in [7, 11) is 1.62. The van der Waals surface area contributed by atoms with E-state index in [9.17, 15) is 0 Å². The van der Waals surface area contributed by atoms with Gasteiger partial charge in [-0.15, -0.1) is 0 Å². The maximum Gasteiger partial charge on any atom is 0.125 e. The average molecular weight is 258 g/mol. The van der Waals surface area contributed by atoms with Crippen molar-refractivity contribution in [3.05, 3.63) is 59.7 Å². The van der Waals surface area contributed by atoms with Crippen LogP contribution in [0.3, 0.4) is 0 Å². The highest BCUT2D eigenvalue weighted by Crippen LogP contribution is 2.25. The molecule has 3 heteroatoms.